The Labute approximate surface area is 119 Å². The third-order valence-corrected chi connectivity index (χ3v) is 3.37. The summed E-state index contributed by atoms with van der Waals surface area (Å²) in [5.41, 5.74) is 1.95. The largest absolute Gasteiger partial charge is 0.375 e. The van der Waals surface area contributed by atoms with Crippen LogP contribution in [0.25, 0.3) is 0 Å². The van der Waals surface area contributed by atoms with Crippen molar-refractivity contribution >= 4 is 11.9 Å². The molecule has 2 rings (SSSR count). The number of methoxy groups -OCH3 is 1. The smallest absolute Gasteiger partial charge is 0.248 e. The van der Waals surface area contributed by atoms with Crippen molar-refractivity contribution in [2.75, 3.05) is 44.8 Å². The minimum Gasteiger partial charge on any atom is -0.375 e. The van der Waals surface area contributed by atoms with Crippen LogP contribution in [0, 0.1) is 13.8 Å². The van der Waals surface area contributed by atoms with Gasteiger partial charge in [0.1, 0.15) is 6.61 Å². The Morgan fingerprint density at radius 1 is 1.20 bits per heavy atom. The van der Waals surface area contributed by atoms with Gasteiger partial charge in [0.15, 0.2) is 0 Å². The molecule has 1 aliphatic heterocycles. The van der Waals surface area contributed by atoms with Gasteiger partial charge < -0.3 is 14.5 Å². The number of amides is 1. The summed E-state index contributed by atoms with van der Waals surface area (Å²) >= 11 is 0. The second kappa shape index (κ2) is 6.65. The molecule has 2 heterocycles. The zero-order valence-electron chi connectivity index (χ0n) is 12.4. The fraction of sp³-hybridized carbons (Fsp3) is 0.643. The van der Waals surface area contributed by atoms with Gasteiger partial charge in [-0.05, 0) is 26.3 Å². The summed E-state index contributed by atoms with van der Waals surface area (Å²) in [6.45, 7) is 7.20. The lowest BCUT2D eigenvalue weighted by Crippen LogP contribution is -2.37. The number of anilines is 1. The number of aromatic nitrogens is 2. The van der Waals surface area contributed by atoms with E-state index in [0.29, 0.717) is 6.54 Å². The van der Waals surface area contributed by atoms with E-state index in [9.17, 15) is 4.79 Å². The molecular formula is C14H22N4O2. The Balaban J connectivity index is 2.03. The van der Waals surface area contributed by atoms with Crippen molar-refractivity contribution in [1.82, 2.24) is 14.9 Å². The molecule has 0 spiro atoms. The van der Waals surface area contributed by atoms with Gasteiger partial charge in [-0.1, -0.05) is 0 Å². The van der Waals surface area contributed by atoms with Crippen molar-refractivity contribution in [3.05, 3.63) is 17.5 Å². The second-order valence-electron chi connectivity index (χ2n) is 5.11. The molecule has 1 amide bonds. The van der Waals surface area contributed by atoms with E-state index in [1.165, 1.54) is 0 Å². The van der Waals surface area contributed by atoms with Gasteiger partial charge in [-0.15, -0.1) is 0 Å². The summed E-state index contributed by atoms with van der Waals surface area (Å²) in [6, 6.07) is 1.97. The lowest BCUT2D eigenvalue weighted by molar-refractivity contribution is -0.134. The summed E-state index contributed by atoms with van der Waals surface area (Å²) in [4.78, 5) is 24.8. The SMILES string of the molecule is COCC(=O)N1CCCN(c2nc(C)cc(C)n2)CC1. The molecule has 1 aromatic heterocycles. The first-order valence-electron chi connectivity index (χ1n) is 6.94. The van der Waals surface area contributed by atoms with Gasteiger partial charge in [0.05, 0.1) is 0 Å². The third-order valence-electron chi connectivity index (χ3n) is 3.37. The van der Waals surface area contributed by atoms with Crippen LogP contribution in [0.2, 0.25) is 0 Å². The molecule has 1 aliphatic rings. The normalized spacial score (nSPS) is 16.1. The minimum absolute atomic E-state index is 0.0516. The fourth-order valence-electron chi connectivity index (χ4n) is 2.43. The zero-order chi connectivity index (χ0) is 14.5. The van der Waals surface area contributed by atoms with Gasteiger partial charge in [-0.25, -0.2) is 9.97 Å². The first-order chi connectivity index (χ1) is 9.60. The number of carbonyl (C=O) groups is 1. The van der Waals surface area contributed by atoms with Crippen molar-refractivity contribution < 1.29 is 9.53 Å². The Kier molecular flexibility index (Phi) is 4.89. The standard InChI is InChI=1S/C14H22N4O2/c1-11-9-12(2)16-14(15-11)18-6-4-5-17(7-8-18)13(19)10-20-3/h9H,4-8,10H2,1-3H3. The number of hydrogen-bond donors (Lipinski definition) is 0. The van der Waals surface area contributed by atoms with E-state index in [1.807, 2.05) is 24.8 Å². The molecule has 0 aromatic carbocycles. The number of aryl methyl sites for hydroxylation is 2. The van der Waals surface area contributed by atoms with E-state index in [2.05, 4.69) is 14.9 Å². The topological polar surface area (TPSA) is 58.6 Å². The van der Waals surface area contributed by atoms with Gasteiger partial charge in [-0.3, -0.25) is 4.79 Å². The average molecular weight is 278 g/mol. The predicted molar refractivity (Wildman–Crippen MR) is 76.8 cm³/mol. The summed E-state index contributed by atoms with van der Waals surface area (Å²) < 4.78 is 4.91. The summed E-state index contributed by atoms with van der Waals surface area (Å²) in [6.07, 6.45) is 0.922. The first-order valence-corrected chi connectivity index (χ1v) is 6.94. The van der Waals surface area contributed by atoms with Crippen molar-refractivity contribution in [3.63, 3.8) is 0 Å². The van der Waals surface area contributed by atoms with E-state index in [-0.39, 0.29) is 12.5 Å². The Morgan fingerprint density at radius 2 is 1.90 bits per heavy atom. The third kappa shape index (κ3) is 3.66. The molecule has 110 valence electrons. The highest BCUT2D eigenvalue weighted by Gasteiger charge is 2.20. The highest BCUT2D eigenvalue weighted by molar-refractivity contribution is 5.77. The van der Waals surface area contributed by atoms with Crippen LogP contribution < -0.4 is 4.90 Å². The number of ether oxygens (including phenoxy) is 1. The Bertz CT molecular complexity index is 458. The number of rotatable bonds is 3. The molecule has 0 saturated carbocycles. The molecule has 1 aromatic rings. The monoisotopic (exact) mass is 278 g/mol. The lowest BCUT2D eigenvalue weighted by Gasteiger charge is -2.22. The van der Waals surface area contributed by atoms with Crippen LogP contribution in [0.1, 0.15) is 17.8 Å². The van der Waals surface area contributed by atoms with E-state index in [1.54, 1.807) is 7.11 Å². The van der Waals surface area contributed by atoms with Crippen molar-refractivity contribution in [2.24, 2.45) is 0 Å². The summed E-state index contributed by atoms with van der Waals surface area (Å²) in [7, 11) is 1.55. The molecule has 0 aliphatic carbocycles. The van der Waals surface area contributed by atoms with E-state index >= 15 is 0 Å². The van der Waals surface area contributed by atoms with Crippen molar-refractivity contribution in [2.45, 2.75) is 20.3 Å². The van der Waals surface area contributed by atoms with Gasteiger partial charge in [0.2, 0.25) is 11.9 Å². The number of carbonyl (C=O) groups excluding carboxylic acids is 1. The maximum atomic E-state index is 11.9. The molecule has 0 N–H and O–H groups in total. The summed E-state index contributed by atoms with van der Waals surface area (Å²) in [5.74, 6) is 0.819. The molecule has 1 saturated heterocycles. The molecule has 6 heteroatoms. The Morgan fingerprint density at radius 3 is 2.55 bits per heavy atom. The van der Waals surface area contributed by atoms with Crippen LogP contribution in [0.4, 0.5) is 5.95 Å². The van der Waals surface area contributed by atoms with Gasteiger partial charge in [-0.2, -0.15) is 0 Å². The second-order valence-corrected chi connectivity index (χ2v) is 5.11. The molecule has 6 nitrogen and oxygen atoms in total. The highest BCUT2D eigenvalue weighted by Crippen LogP contribution is 2.13. The highest BCUT2D eigenvalue weighted by atomic mass is 16.5. The molecule has 1 fully saturated rings. The van der Waals surface area contributed by atoms with Crippen molar-refractivity contribution in [3.8, 4) is 0 Å². The fourth-order valence-corrected chi connectivity index (χ4v) is 2.43. The molecule has 0 bridgehead atoms. The molecule has 20 heavy (non-hydrogen) atoms. The van der Waals surface area contributed by atoms with Crippen molar-refractivity contribution in [1.29, 1.82) is 0 Å². The van der Waals surface area contributed by atoms with E-state index < -0.39 is 0 Å². The van der Waals surface area contributed by atoms with Crippen LogP contribution in [0.15, 0.2) is 6.07 Å². The maximum absolute atomic E-state index is 11.9. The van der Waals surface area contributed by atoms with Gasteiger partial charge in [0, 0.05) is 44.7 Å². The predicted octanol–water partition coefficient (Wildman–Crippen LogP) is 0.779. The van der Waals surface area contributed by atoms with E-state index in [0.717, 1.165) is 43.4 Å². The Hall–Kier alpha value is -1.69. The van der Waals surface area contributed by atoms with Crippen LogP contribution in [-0.2, 0) is 9.53 Å². The van der Waals surface area contributed by atoms with Crippen LogP contribution in [0.5, 0.6) is 0 Å². The van der Waals surface area contributed by atoms with Crippen LogP contribution in [0.3, 0.4) is 0 Å². The quantitative estimate of drug-likeness (QED) is 0.817. The van der Waals surface area contributed by atoms with Gasteiger partial charge >= 0.3 is 0 Å². The van der Waals surface area contributed by atoms with Gasteiger partial charge in [0.25, 0.3) is 0 Å². The average Bonchev–Trinajstić information content (AvgIpc) is 2.63. The minimum atomic E-state index is 0.0516. The zero-order valence-corrected chi connectivity index (χ0v) is 12.4. The first kappa shape index (κ1) is 14.7. The molecule has 0 unspecified atom stereocenters. The van der Waals surface area contributed by atoms with Crippen LogP contribution in [-0.4, -0.2) is 60.7 Å². The van der Waals surface area contributed by atoms with E-state index in [4.69, 9.17) is 4.74 Å². The van der Waals surface area contributed by atoms with Crippen LogP contribution >= 0.6 is 0 Å². The molecule has 0 radical (unpaired) electrons. The maximum Gasteiger partial charge on any atom is 0.248 e. The molecular weight excluding hydrogens is 256 g/mol. The number of hydrogen-bond acceptors (Lipinski definition) is 5. The summed E-state index contributed by atoms with van der Waals surface area (Å²) in [5, 5.41) is 0. The molecule has 0 atom stereocenters. The lowest BCUT2D eigenvalue weighted by atomic mass is 10.3. The number of nitrogens with zero attached hydrogens (tertiary/aromatic N) is 4.